The Balaban J connectivity index is 0.577. The Morgan fingerprint density at radius 2 is 1.57 bits per heavy atom. The van der Waals surface area contributed by atoms with Crippen molar-refractivity contribution < 1.29 is 42.0 Å². The van der Waals surface area contributed by atoms with Crippen molar-refractivity contribution in [3.63, 3.8) is 0 Å². The summed E-state index contributed by atoms with van der Waals surface area (Å²) in [7, 11) is -4.61. The molecule has 6 aromatic rings. The van der Waals surface area contributed by atoms with Gasteiger partial charge in [-0.05, 0) is 154 Å². The summed E-state index contributed by atoms with van der Waals surface area (Å²) in [6, 6.07) is 25.9. The van der Waals surface area contributed by atoms with E-state index in [1.54, 1.807) is 41.4 Å². The van der Waals surface area contributed by atoms with Crippen molar-refractivity contribution in [1.29, 1.82) is 0 Å². The summed E-state index contributed by atoms with van der Waals surface area (Å²) < 4.78 is 42.8. The molecule has 6 heterocycles. The summed E-state index contributed by atoms with van der Waals surface area (Å²) in [5.41, 5.74) is 6.90. The average Bonchev–Trinajstić information content (AvgIpc) is 1.70. The number of rotatable bonds is 25. The molecular formula is C71H86ClN11O10S. The quantitative estimate of drug-likeness (QED) is 0.0180. The lowest BCUT2D eigenvalue weighted by atomic mass is 9.72. The minimum atomic E-state index is -4.61. The smallest absolute Gasteiger partial charge is 0.293 e. The molecule has 4 fully saturated rings. The third kappa shape index (κ3) is 15.9. The number of amides is 4. The van der Waals surface area contributed by atoms with Crippen LogP contribution >= 0.6 is 11.6 Å². The number of nitro benzene ring substituents is 1. The van der Waals surface area contributed by atoms with E-state index in [2.05, 4.69) is 70.9 Å². The first kappa shape index (κ1) is 66.1. The summed E-state index contributed by atoms with van der Waals surface area (Å²) in [4.78, 5) is 82.1. The topological polar surface area (TPSA) is 245 Å². The standard InChI is InChI=1S/C71H86ClN11O10S/c1-71(2)28-26-51(59(43-71)49-14-16-52(72)17-15-49)46-79-33-37-81(38-34-79)54-20-22-58(65(41-54)93-55-40-50-27-29-73-67(50)75-45-55)68(85)77-94(90,91)56-21-23-61(63(42-56)83(88)89)74-44-48-12-18-53(19-13-48)80-35-31-78(32-36-80)30-7-5-3-4-6-8-39-92-64-11-9-10-57-60(64)47-82(70(57)87)62-24-25-66(84)76-69(62)86/h9-11,14-17,20-23,27,29,40-42,45,48,53,62,74H,3-8,12-13,18-19,24-26,28,30-39,43-44,46-47H2,1-2H3,(H,73,75)(H,77,85)(H,76,84,86). The molecule has 0 spiro atoms. The van der Waals surface area contributed by atoms with Gasteiger partial charge in [0, 0.05) is 123 Å². The highest BCUT2D eigenvalue weighted by Gasteiger charge is 2.41. The number of piperidine rings is 1. The number of ether oxygens (including phenoxy) is 2. The number of nitrogens with one attached hydrogen (secondary N) is 4. The number of sulfonamides is 1. The van der Waals surface area contributed by atoms with Crippen LogP contribution in [0.3, 0.4) is 0 Å². The zero-order valence-electron chi connectivity index (χ0n) is 53.8. The molecule has 0 bridgehead atoms. The molecule has 1 saturated carbocycles. The van der Waals surface area contributed by atoms with Crippen molar-refractivity contribution in [2.75, 3.05) is 88.8 Å². The van der Waals surface area contributed by atoms with E-state index in [9.17, 15) is 37.7 Å². The number of hydrogen-bond donors (Lipinski definition) is 4. The first-order chi connectivity index (χ1) is 45.4. The van der Waals surface area contributed by atoms with Gasteiger partial charge in [-0.2, -0.15) is 0 Å². The lowest BCUT2D eigenvalue weighted by molar-refractivity contribution is -0.384. The summed E-state index contributed by atoms with van der Waals surface area (Å²) >= 11 is 6.28. The van der Waals surface area contributed by atoms with Gasteiger partial charge in [-0.15, -0.1) is 0 Å². The van der Waals surface area contributed by atoms with Crippen LogP contribution in [0.15, 0.2) is 114 Å². The Bertz CT molecular complexity index is 3910. The molecule has 21 nitrogen and oxygen atoms in total. The Hall–Kier alpha value is -7.89. The van der Waals surface area contributed by atoms with Gasteiger partial charge < -0.3 is 34.5 Å². The molecular weight excluding hydrogens is 1230 g/mol. The highest BCUT2D eigenvalue weighted by Crippen LogP contribution is 2.44. The number of unbranched alkanes of at least 4 members (excludes halogenated alkanes) is 5. The van der Waals surface area contributed by atoms with Crippen LogP contribution in [0, 0.1) is 21.4 Å². The highest BCUT2D eigenvalue weighted by atomic mass is 35.5. The minimum absolute atomic E-state index is 0.0400. The van der Waals surface area contributed by atoms with Crippen molar-refractivity contribution in [2.45, 2.75) is 134 Å². The summed E-state index contributed by atoms with van der Waals surface area (Å²) in [5, 5.41) is 19.7. The minimum Gasteiger partial charge on any atom is -0.493 e. The van der Waals surface area contributed by atoms with E-state index in [1.807, 2.05) is 30.3 Å². The zero-order valence-corrected chi connectivity index (χ0v) is 55.4. The van der Waals surface area contributed by atoms with Crippen LogP contribution < -0.4 is 29.7 Å². The van der Waals surface area contributed by atoms with Crippen LogP contribution in [0.1, 0.15) is 142 Å². The van der Waals surface area contributed by atoms with Gasteiger partial charge in [-0.25, -0.2) is 18.1 Å². The summed E-state index contributed by atoms with van der Waals surface area (Å²) in [6.45, 7) is 15.2. The molecule has 4 aliphatic heterocycles. The van der Waals surface area contributed by atoms with Gasteiger partial charge in [0.1, 0.15) is 34.6 Å². The zero-order chi connectivity index (χ0) is 65.5. The molecule has 12 rings (SSSR count). The number of carbonyl (C=O) groups excluding carboxylic acids is 4. The van der Waals surface area contributed by atoms with E-state index in [-0.39, 0.29) is 40.7 Å². The fourth-order valence-electron chi connectivity index (χ4n) is 14.5. The highest BCUT2D eigenvalue weighted by molar-refractivity contribution is 7.90. The third-order valence-electron chi connectivity index (χ3n) is 20.0. The second kappa shape index (κ2) is 29.4. The molecule has 23 heteroatoms. The first-order valence-corrected chi connectivity index (χ1v) is 35.4. The van der Waals surface area contributed by atoms with Gasteiger partial charge in [0.05, 0.1) is 34.7 Å². The summed E-state index contributed by atoms with van der Waals surface area (Å²) in [5.74, 6) is -0.427. The fraction of sp³-hybridized carbons (Fsp3) is 0.479. The maximum absolute atomic E-state index is 14.2. The average molecular weight is 1320 g/mol. The Kier molecular flexibility index (Phi) is 20.7. The van der Waals surface area contributed by atoms with Gasteiger partial charge in [-0.3, -0.25) is 44.4 Å². The number of halogens is 1. The predicted octanol–water partition coefficient (Wildman–Crippen LogP) is 11.6. The molecule has 2 aromatic heterocycles. The van der Waals surface area contributed by atoms with Crippen LogP contribution in [0.2, 0.25) is 5.02 Å². The molecule has 94 heavy (non-hydrogen) atoms. The molecule has 4 aromatic carbocycles. The van der Waals surface area contributed by atoms with Crippen molar-refractivity contribution >= 4 is 78.9 Å². The van der Waals surface area contributed by atoms with E-state index >= 15 is 0 Å². The monoisotopic (exact) mass is 1320 g/mol. The van der Waals surface area contributed by atoms with Gasteiger partial charge in [0.2, 0.25) is 11.8 Å². The maximum atomic E-state index is 14.2. The van der Waals surface area contributed by atoms with E-state index in [1.165, 1.54) is 54.3 Å². The summed E-state index contributed by atoms with van der Waals surface area (Å²) in [6.07, 6.45) is 17.7. The number of benzene rings is 4. The number of nitrogens with zero attached hydrogens (tertiary/aromatic N) is 7. The molecule has 498 valence electrons. The van der Waals surface area contributed by atoms with Crippen molar-refractivity contribution in [1.82, 2.24) is 39.6 Å². The van der Waals surface area contributed by atoms with E-state index < -0.39 is 43.4 Å². The van der Waals surface area contributed by atoms with Gasteiger partial charge in [-0.1, -0.05) is 74.9 Å². The van der Waals surface area contributed by atoms with Crippen LogP contribution in [0.4, 0.5) is 17.1 Å². The number of fused-ring (bicyclic) bond motifs is 2. The van der Waals surface area contributed by atoms with E-state index in [4.69, 9.17) is 21.1 Å². The molecule has 4 amide bonds. The van der Waals surface area contributed by atoms with Crippen LogP contribution in [-0.4, -0.2) is 157 Å². The Morgan fingerprint density at radius 1 is 0.819 bits per heavy atom. The fourth-order valence-corrected chi connectivity index (χ4v) is 15.6. The first-order valence-electron chi connectivity index (χ1n) is 33.5. The molecule has 2 aliphatic carbocycles. The number of allylic oxidation sites excluding steroid dienone is 1. The Morgan fingerprint density at radius 3 is 2.34 bits per heavy atom. The number of nitro groups is 1. The normalized spacial score (nSPS) is 20.7. The van der Waals surface area contributed by atoms with Gasteiger partial charge in [0.15, 0.2) is 0 Å². The van der Waals surface area contributed by atoms with Crippen molar-refractivity contribution in [3.05, 3.63) is 146 Å². The lowest BCUT2D eigenvalue weighted by Crippen LogP contribution is -2.52. The SMILES string of the molecule is CC1(C)CCC(CN2CCN(c3ccc(C(=O)NS(=O)(=O)c4ccc(NCC5CCC(N6CCN(CCCCCCCCOc7cccc8c7CN(C7CCC(=O)NC7=O)C8=O)CC6)CC5)c([N+](=O)[O-])c4)c(Oc4cnc5[nH]ccc5c4)c3)CC2)=C(c2ccc(Cl)cc2)C1. The van der Waals surface area contributed by atoms with Gasteiger partial charge >= 0.3 is 0 Å². The second-order valence-corrected chi connectivity index (χ2v) is 29.1. The molecule has 1 unspecified atom stereocenters. The molecule has 0 radical (unpaired) electrons. The number of carbonyl (C=O) groups is 4. The largest absolute Gasteiger partial charge is 0.493 e. The van der Waals surface area contributed by atoms with Crippen LogP contribution in [0.25, 0.3) is 16.6 Å². The van der Waals surface area contributed by atoms with Gasteiger partial charge in [0.25, 0.3) is 27.5 Å². The maximum Gasteiger partial charge on any atom is 0.293 e. The number of imide groups is 1. The molecule has 1 atom stereocenters. The number of hydrogen-bond acceptors (Lipinski definition) is 16. The Labute approximate surface area is 555 Å². The van der Waals surface area contributed by atoms with E-state index in [0.717, 1.165) is 144 Å². The number of piperazine rings is 2. The number of H-pyrrole nitrogens is 1. The second-order valence-electron chi connectivity index (χ2n) is 27.0. The molecule has 3 saturated heterocycles. The number of pyridine rings is 1. The van der Waals surface area contributed by atoms with Crippen LogP contribution in [0.5, 0.6) is 17.2 Å². The van der Waals surface area contributed by atoms with E-state index in [0.29, 0.717) is 73.9 Å². The number of aromatic amines is 1. The molecule has 6 aliphatic rings. The lowest BCUT2D eigenvalue weighted by Gasteiger charge is -2.42. The molecule has 4 N–H and O–H groups in total. The van der Waals surface area contributed by atoms with Crippen LogP contribution in [-0.2, 0) is 26.2 Å². The number of anilines is 2. The number of aromatic nitrogens is 2. The third-order valence-corrected chi connectivity index (χ3v) is 21.6. The van der Waals surface area contributed by atoms with Crippen molar-refractivity contribution in [3.8, 4) is 17.2 Å². The predicted molar refractivity (Wildman–Crippen MR) is 363 cm³/mol. The van der Waals surface area contributed by atoms with Crippen molar-refractivity contribution in [2.24, 2.45) is 11.3 Å².